The molecule has 0 fully saturated rings. The van der Waals surface area contributed by atoms with Gasteiger partial charge >= 0.3 is 0 Å². The van der Waals surface area contributed by atoms with E-state index in [1.807, 2.05) is 35.9 Å². The highest BCUT2D eigenvalue weighted by Crippen LogP contribution is 2.11. The fourth-order valence-corrected chi connectivity index (χ4v) is 1.66. The van der Waals surface area contributed by atoms with Gasteiger partial charge in [0, 0.05) is 24.6 Å². The summed E-state index contributed by atoms with van der Waals surface area (Å²) in [7, 11) is 0. The van der Waals surface area contributed by atoms with Gasteiger partial charge in [-0.1, -0.05) is 18.2 Å². The molecule has 1 aromatic carbocycles. The van der Waals surface area contributed by atoms with Gasteiger partial charge in [-0.25, -0.2) is 0 Å². The molecule has 0 unspecified atom stereocenters. The molecule has 94 valence electrons. The molecule has 0 spiro atoms. The first-order valence-corrected chi connectivity index (χ1v) is 5.44. The molecule has 0 aliphatic rings. The van der Waals surface area contributed by atoms with Crippen LogP contribution in [0.15, 0.2) is 48.7 Å². The van der Waals surface area contributed by atoms with Gasteiger partial charge in [0.2, 0.25) is 12.3 Å². The molecule has 0 amide bonds. The molecule has 4 heteroatoms. The maximum absolute atomic E-state index is 12.0. The first-order chi connectivity index (χ1) is 8.16. The van der Waals surface area contributed by atoms with E-state index in [2.05, 4.69) is 0 Å². The van der Waals surface area contributed by atoms with Gasteiger partial charge in [0.1, 0.15) is 5.75 Å². The minimum atomic E-state index is -0.0137. The van der Waals surface area contributed by atoms with Crippen molar-refractivity contribution in [1.29, 1.82) is 0 Å². The fraction of sp³-hybridized carbons (Fsp3) is 0.143. The number of rotatable bonds is 3. The number of hydrogen-bond acceptors (Lipinski definition) is 2. The van der Waals surface area contributed by atoms with E-state index in [0.29, 0.717) is 5.56 Å². The summed E-state index contributed by atoms with van der Waals surface area (Å²) >= 11 is 0. The van der Waals surface area contributed by atoms with E-state index < -0.39 is 0 Å². The Morgan fingerprint density at radius 1 is 1.22 bits per heavy atom. The lowest BCUT2D eigenvalue weighted by atomic mass is 10.1. The number of carbonyl (C=O) groups excluding carboxylic acids is 1. The zero-order valence-corrected chi connectivity index (χ0v) is 12.2. The van der Waals surface area contributed by atoms with Gasteiger partial charge in [-0.05, 0) is 12.1 Å². The number of ketones is 1. The van der Waals surface area contributed by atoms with Gasteiger partial charge in [-0.2, -0.15) is 4.57 Å². The predicted octanol–water partition coefficient (Wildman–Crippen LogP) is -1.12. The quantitative estimate of drug-likeness (QED) is 0.431. The Hall–Kier alpha value is -1.43. The average molecular weight is 355 g/mol. The second kappa shape index (κ2) is 6.49. The summed E-state index contributed by atoms with van der Waals surface area (Å²) in [5.41, 5.74) is 1.56. The highest BCUT2D eigenvalue weighted by atomic mass is 127. The van der Waals surface area contributed by atoms with Crippen molar-refractivity contribution in [3.8, 4) is 5.75 Å². The Labute approximate surface area is 123 Å². The molecule has 1 heterocycles. The van der Waals surface area contributed by atoms with E-state index in [1.54, 1.807) is 18.2 Å². The lowest BCUT2D eigenvalue weighted by molar-refractivity contribution is -0.689. The van der Waals surface area contributed by atoms with Crippen LogP contribution in [0.4, 0.5) is 0 Å². The number of aryl methyl sites for hydroxylation is 1. The summed E-state index contributed by atoms with van der Waals surface area (Å²) in [5.74, 6) is 0.103. The van der Waals surface area contributed by atoms with Crippen LogP contribution in [0.1, 0.15) is 16.1 Å². The second-order valence-corrected chi connectivity index (χ2v) is 3.94. The SMILES string of the molecule is Cc1cccc[n+]1CC(=O)c1cccc(O)c1.[I-]. The summed E-state index contributed by atoms with van der Waals surface area (Å²) < 4.78 is 1.88. The summed E-state index contributed by atoms with van der Waals surface area (Å²) in [6.07, 6.45) is 1.87. The standard InChI is InChI=1S/C14H13NO2.HI/c1-11-5-2-3-8-15(11)10-14(17)12-6-4-7-13(16)9-12;/h2-9H,10H2,1H3;1H. The van der Waals surface area contributed by atoms with E-state index in [1.165, 1.54) is 6.07 Å². The lowest BCUT2D eigenvalue weighted by Crippen LogP contribution is -3.00. The minimum Gasteiger partial charge on any atom is -1.00 e. The van der Waals surface area contributed by atoms with Crippen LogP contribution in [-0.4, -0.2) is 10.9 Å². The van der Waals surface area contributed by atoms with Crippen molar-refractivity contribution in [1.82, 2.24) is 0 Å². The molecular formula is C14H14INO2. The highest BCUT2D eigenvalue weighted by molar-refractivity contribution is 5.95. The average Bonchev–Trinajstić information content (AvgIpc) is 2.32. The third kappa shape index (κ3) is 3.53. The number of benzene rings is 1. The van der Waals surface area contributed by atoms with Crippen LogP contribution < -0.4 is 28.5 Å². The van der Waals surface area contributed by atoms with Crippen LogP contribution in [0.25, 0.3) is 0 Å². The topological polar surface area (TPSA) is 41.2 Å². The highest BCUT2D eigenvalue weighted by Gasteiger charge is 2.13. The maximum Gasteiger partial charge on any atom is 0.227 e. The summed E-state index contributed by atoms with van der Waals surface area (Å²) in [6, 6.07) is 12.2. The minimum absolute atomic E-state index is 0. The fourth-order valence-electron chi connectivity index (χ4n) is 1.66. The maximum atomic E-state index is 12.0. The van der Waals surface area contributed by atoms with Crippen LogP contribution in [-0.2, 0) is 6.54 Å². The molecule has 1 N–H and O–H groups in total. The molecule has 0 saturated carbocycles. The number of aromatic hydroxyl groups is 1. The van der Waals surface area contributed by atoms with Crippen molar-refractivity contribution in [2.24, 2.45) is 0 Å². The number of Topliss-reactive ketones (excluding diaryl/α,β-unsaturated/α-hetero) is 1. The molecule has 0 aliphatic heterocycles. The molecule has 1 aromatic heterocycles. The number of carbonyl (C=O) groups is 1. The first kappa shape index (κ1) is 14.6. The molecule has 0 saturated heterocycles. The molecule has 3 nitrogen and oxygen atoms in total. The Bertz CT molecular complexity index is 555. The third-order valence-electron chi connectivity index (χ3n) is 2.65. The normalized spacial score (nSPS) is 9.61. The van der Waals surface area contributed by atoms with E-state index in [0.717, 1.165) is 5.69 Å². The smallest absolute Gasteiger partial charge is 0.227 e. The van der Waals surface area contributed by atoms with Crippen LogP contribution in [0, 0.1) is 6.92 Å². The van der Waals surface area contributed by atoms with Crippen LogP contribution in [0.2, 0.25) is 0 Å². The van der Waals surface area contributed by atoms with Crippen LogP contribution >= 0.6 is 0 Å². The number of aromatic nitrogens is 1. The number of phenols is 1. The third-order valence-corrected chi connectivity index (χ3v) is 2.65. The lowest BCUT2D eigenvalue weighted by Gasteiger charge is -2.01. The second-order valence-electron chi connectivity index (χ2n) is 3.94. The van der Waals surface area contributed by atoms with E-state index in [4.69, 9.17) is 0 Å². The van der Waals surface area contributed by atoms with Gasteiger partial charge in [0.25, 0.3) is 0 Å². The van der Waals surface area contributed by atoms with E-state index in [-0.39, 0.29) is 42.1 Å². The molecule has 2 aromatic rings. The van der Waals surface area contributed by atoms with Crippen LogP contribution in [0.3, 0.4) is 0 Å². The summed E-state index contributed by atoms with van der Waals surface area (Å²) in [5, 5.41) is 9.32. The van der Waals surface area contributed by atoms with Crippen molar-refractivity contribution in [3.63, 3.8) is 0 Å². The zero-order chi connectivity index (χ0) is 12.3. The van der Waals surface area contributed by atoms with E-state index in [9.17, 15) is 9.90 Å². The van der Waals surface area contributed by atoms with Crippen molar-refractivity contribution >= 4 is 5.78 Å². The molecule has 18 heavy (non-hydrogen) atoms. The number of nitrogens with zero attached hydrogens (tertiary/aromatic N) is 1. The Kier molecular flexibility index (Phi) is 5.27. The molecule has 0 radical (unpaired) electrons. The summed E-state index contributed by atoms with van der Waals surface area (Å²) in [6.45, 7) is 2.24. The van der Waals surface area contributed by atoms with Crippen LogP contribution in [0.5, 0.6) is 5.75 Å². The Morgan fingerprint density at radius 2 is 2.00 bits per heavy atom. The zero-order valence-electron chi connectivity index (χ0n) is 10.0. The number of halogens is 1. The van der Waals surface area contributed by atoms with Crippen molar-refractivity contribution in [2.45, 2.75) is 13.5 Å². The number of pyridine rings is 1. The molecule has 0 aliphatic carbocycles. The number of hydrogen-bond donors (Lipinski definition) is 1. The van der Waals surface area contributed by atoms with E-state index >= 15 is 0 Å². The van der Waals surface area contributed by atoms with Gasteiger partial charge in [0.15, 0.2) is 11.9 Å². The monoisotopic (exact) mass is 355 g/mol. The predicted molar refractivity (Wildman–Crippen MR) is 63.8 cm³/mol. The first-order valence-electron chi connectivity index (χ1n) is 5.44. The van der Waals surface area contributed by atoms with Gasteiger partial charge in [-0.15, -0.1) is 0 Å². The number of phenolic OH excluding ortho intramolecular Hbond substituents is 1. The Morgan fingerprint density at radius 3 is 2.67 bits per heavy atom. The van der Waals surface area contributed by atoms with Gasteiger partial charge in [0.05, 0.1) is 0 Å². The molecule has 0 bridgehead atoms. The summed E-state index contributed by atoms with van der Waals surface area (Å²) in [4.78, 5) is 12.0. The van der Waals surface area contributed by atoms with Crippen molar-refractivity contribution in [3.05, 3.63) is 59.9 Å². The molecule has 2 rings (SSSR count). The molecular weight excluding hydrogens is 341 g/mol. The van der Waals surface area contributed by atoms with Gasteiger partial charge < -0.3 is 29.1 Å². The molecule has 0 atom stereocenters. The van der Waals surface area contributed by atoms with Crippen molar-refractivity contribution < 1.29 is 38.4 Å². The van der Waals surface area contributed by atoms with Gasteiger partial charge in [-0.3, -0.25) is 4.79 Å². The van der Waals surface area contributed by atoms with Crippen molar-refractivity contribution in [2.75, 3.05) is 0 Å². The Balaban J connectivity index is 0.00000162. The largest absolute Gasteiger partial charge is 1.00 e.